The van der Waals surface area contributed by atoms with Crippen LogP contribution < -0.4 is 39.9 Å². The first kappa shape index (κ1) is 82.4. The number of aliphatic hydroxyl groups is 1. The van der Waals surface area contributed by atoms with E-state index in [2.05, 4.69) is 67.1 Å². The van der Waals surface area contributed by atoms with Crippen LogP contribution in [-0.4, -0.2) is 239 Å². The Morgan fingerprint density at radius 1 is 0.535 bits per heavy atom. The van der Waals surface area contributed by atoms with Gasteiger partial charge in [0.15, 0.2) is 53.1 Å². The third-order valence-corrected chi connectivity index (χ3v) is 29.0. The number of nitrogens with zero attached hydrogens (tertiary/aromatic N) is 15. The number of nitrogens with one attached hydrogen (secondary N) is 1. The molecule has 8 saturated heterocycles. The number of aromatic nitrogens is 16. The van der Waals surface area contributed by atoms with Crippen molar-refractivity contribution < 1.29 is 112 Å². The number of anilines is 4. The third kappa shape index (κ3) is 14.8. The first-order chi connectivity index (χ1) is 53.9. The number of hydrogen-bond acceptors (Lipinski definition) is 41. The molecule has 16 rings (SSSR count). The van der Waals surface area contributed by atoms with Crippen molar-refractivity contribution in [2.75, 3.05) is 63.1 Å². The summed E-state index contributed by atoms with van der Waals surface area (Å²) in [6.45, 7) is -18.7. The quantitative estimate of drug-likeness (QED) is 0.0225. The van der Waals surface area contributed by atoms with Gasteiger partial charge in [-0.2, -0.15) is 4.98 Å². The highest BCUT2D eigenvalue weighted by atomic mass is 32.7. The number of aryl methyl sites for hydroxylation is 2. The lowest BCUT2D eigenvalue weighted by Crippen LogP contribution is -2.51. The lowest BCUT2D eigenvalue weighted by atomic mass is 9.94. The average Bonchev–Trinajstić information content (AvgIpc) is 1.55. The molecule has 26 atom stereocenters. The molecule has 0 spiro atoms. The summed E-state index contributed by atoms with van der Waals surface area (Å²) in [5.74, 6) is 0.0625. The molecule has 0 amide bonds. The Morgan fingerprint density at radius 2 is 0.947 bits per heavy atom. The number of nitrogens with two attached hydrogens (primary N) is 4. The molecule has 0 aromatic carbocycles. The molecule has 8 fully saturated rings. The largest absolute Gasteiger partial charge is 0.393 e. The van der Waals surface area contributed by atoms with E-state index >= 15 is 4.57 Å². The first-order valence-corrected chi connectivity index (χ1v) is 47.5. The Kier molecular flexibility index (Phi) is 22.0. The van der Waals surface area contributed by atoms with Gasteiger partial charge in [0.1, 0.15) is 119 Å². The van der Waals surface area contributed by atoms with Crippen molar-refractivity contribution in [2.24, 2.45) is 0 Å². The molecule has 8 aliphatic heterocycles. The van der Waals surface area contributed by atoms with Crippen LogP contribution in [0.5, 0.6) is 0 Å². The predicted molar refractivity (Wildman–Crippen MR) is 406 cm³/mol. The van der Waals surface area contributed by atoms with Gasteiger partial charge in [-0.1, -0.05) is 12.2 Å². The molecule has 16 heterocycles. The first-order valence-electron chi connectivity index (χ1n) is 34.4. The summed E-state index contributed by atoms with van der Waals surface area (Å²) in [5, 5.41) is 11.1. The summed E-state index contributed by atoms with van der Waals surface area (Å²) < 4.78 is 135. The molecule has 0 aliphatic carbocycles. The van der Waals surface area contributed by atoms with Crippen molar-refractivity contribution >= 4 is 150 Å². The number of aliphatic hydroxyl groups excluding tert-OH is 1. The molecular weight excluding hydrogens is 1710 g/mol. The van der Waals surface area contributed by atoms with Crippen molar-refractivity contribution in [3.8, 4) is 0 Å². The number of rotatable bonds is 29. The second-order valence-corrected chi connectivity index (χ2v) is 41.9. The molecule has 57 heteroatoms. The lowest BCUT2D eigenvalue weighted by Gasteiger charge is -2.38. The van der Waals surface area contributed by atoms with E-state index in [1.807, 2.05) is 0 Å². The summed E-state index contributed by atoms with van der Waals surface area (Å²) in [6.07, 6.45) is -12.5. The van der Waals surface area contributed by atoms with E-state index in [4.69, 9.17) is 153 Å². The molecule has 47 nitrogen and oxygen atoms in total. The van der Waals surface area contributed by atoms with Crippen LogP contribution in [0.15, 0.2) is 64.7 Å². The summed E-state index contributed by atoms with van der Waals surface area (Å²) >= 11 is 26.8. The van der Waals surface area contributed by atoms with Crippen LogP contribution in [0.25, 0.3) is 33.5 Å². The fraction of sp³-hybridized carbons (Fsp3) is 0.596. The number of H-pyrrole nitrogens is 1. The maximum atomic E-state index is 15.5. The Labute approximate surface area is 666 Å². The van der Waals surface area contributed by atoms with Gasteiger partial charge in [-0.05, 0) is 81.8 Å². The highest BCUT2D eigenvalue weighted by Crippen LogP contribution is 2.66. The molecule has 8 unspecified atom stereocenters. The summed E-state index contributed by atoms with van der Waals surface area (Å²) in [5.41, 5.74) is 18.0. The highest BCUT2D eigenvalue weighted by Gasteiger charge is 2.72. The minimum Gasteiger partial charge on any atom is -0.393 e. The molecule has 618 valence electrons. The lowest BCUT2D eigenvalue weighted by molar-refractivity contribution is -0.218. The molecule has 114 heavy (non-hydrogen) atoms. The van der Waals surface area contributed by atoms with Gasteiger partial charge < -0.3 is 113 Å². The van der Waals surface area contributed by atoms with Gasteiger partial charge in [-0.25, -0.2) is 59.0 Å². The highest BCUT2D eigenvalue weighted by molar-refractivity contribution is 8.44. The van der Waals surface area contributed by atoms with E-state index in [1.54, 1.807) is 20.8 Å². The van der Waals surface area contributed by atoms with Crippen LogP contribution in [0.1, 0.15) is 75.9 Å². The van der Waals surface area contributed by atoms with Gasteiger partial charge >= 0.3 is 45.1 Å². The van der Waals surface area contributed by atoms with E-state index in [0.29, 0.717) is 5.56 Å². The molecule has 8 aromatic rings. The summed E-state index contributed by atoms with van der Waals surface area (Å²) in [4.78, 5) is 132. The fourth-order valence-electron chi connectivity index (χ4n) is 15.3. The molecular formula is C57H73N20O27P5S5. The zero-order valence-corrected chi connectivity index (χ0v) is 68.6. The second-order valence-electron chi connectivity index (χ2n) is 27.8. The summed E-state index contributed by atoms with van der Waals surface area (Å²) in [6, 6.07) is 0. The normalized spacial score (nSPS) is 35.0. The molecule has 14 N–H and O–H groups in total. The average molecular weight is 1790 g/mol. The van der Waals surface area contributed by atoms with Gasteiger partial charge in [0, 0.05) is 43.5 Å². The number of hydrogen-bond donors (Lipinski definition) is 11. The van der Waals surface area contributed by atoms with Crippen LogP contribution in [0, 0.1) is 13.8 Å². The van der Waals surface area contributed by atoms with Crippen molar-refractivity contribution in [3.63, 3.8) is 0 Å². The number of nitrogen functional groups attached to an aromatic ring is 4. The van der Waals surface area contributed by atoms with Crippen LogP contribution in [-0.2, 0) is 135 Å². The van der Waals surface area contributed by atoms with Crippen molar-refractivity contribution in [1.29, 1.82) is 0 Å². The van der Waals surface area contributed by atoms with E-state index in [-0.39, 0.29) is 75.2 Å². The van der Waals surface area contributed by atoms with Gasteiger partial charge in [0.05, 0.1) is 82.5 Å². The van der Waals surface area contributed by atoms with Crippen LogP contribution in [0.2, 0.25) is 0 Å². The van der Waals surface area contributed by atoms with E-state index in [9.17, 15) is 39.1 Å². The van der Waals surface area contributed by atoms with Gasteiger partial charge in [-0.15, -0.1) is 0 Å². The van der Waals surface area contributed by atoms with Crippen molar-refractivity contribution in [3.05, 3.63) is 92.8 Å². The van der Waals surface area contributed by atoms with Crippen molar-refractivity contribution in [1.82, 2.24) is 77.7 Å². The fourth-order valence-corrected chi connectivity index (χ4v) is 22.1. The third-order valence-electron chi connectivity index (χ3n) is 21.1. The molecule has 0 radical (unpaired) electrons. The number of aromatic amines is 1. The Balaban J connectivity index is 0.656. The van der Waals surface area contributed by atoms with E-state index in [1.165, 1.54) is 77.9 Å². The minimum absolute atomic E-state index is 0.00473. The van der Waals surface area contributed by atoms with Crippen LogP contribution in [0.3, 0.4) is 0 Å². The van der Waals surface area contributed by atoms with Gasteiger partial charge in [0.2, 0.25) is 0 Å². The number of ether oxygens (including phenoxy) is 8. The minimum atomic E-state index is -4.96. The predicted octanol–water partition coefficient (Wildman–Crippen LogP) is 0.535. The molecule has 8 aromatic heterocycles. The molecule has 0 saturated carbocycles. The maximum Gasteiger partial charge on any atom is 0.386 e. The van der Waals surface area contributed by atoms with Gasteiger partial charge in [-0.3, -0.25) is 50.7 Å². The molecule has 8 aliphatic rings. The van der Waals surface area contributed by atoms with Crippen molar-refractivity contribution in [2.45, 2.75) is 175 Å². The smallest absolute Gasteiger partial charge is 0.386 e. The van der Waals surface area contributed by atoms with Crippen LogP contribution >= 0.6 is 45.9 Å². The van der Waals surface area contributed by atoms with E-state index < -0.39 is 211 Å². The Morgan fingerprint density at radius 3 is 1.46 bits per heavy atom. The zero-order valence-electron chi connectivity index (χ0n) is 60.0. The maximum absolute atomic E-state index is 15.5. The summed E-state index contributed by atoms with van der Waals surface area (Å²) in [7, 11) is 1.15. The monoisotopic (exact) mass is 1780 g/mol. The second kappa shape index (κ2) is 30.4. The Bertz CT molecular complexity index is 5570. The number of fused-ring (bicyclic) bond motifs is 9. The van der Waals surface area contributed by atoms with Crippen LogP contribution in [0.4, 0.5) is 23.3 Å². The molecule has 6 bridgehead atoms. The number of thiol groups is 1. The van der Waals surface area contributed by atoms with Gasteiger partial charge in [0.25, 0.3) is 5.56 Å². The zero-order chi connectivity index (χ0) is 81.1. The number of imidazole rings is 3. The topological polar surface area (TPSA) is 609 Å². The SMILES string of the molecule is COP(O)(=S)O[C@@H]1C[C@H](n2cnc3c(N)ncnc32)O[C@@H]1COP(O)(=S)O[C@@H]1C[C@H](n2cc(C)c(=O)[nH]c2=O)O[C@@H]1COP(O)(=S)O[C@@H]1C2O[C@@H](C)[C@]1(COP(=O)(S)O[C@@H]1C3O[C@@H](C)[C@]1(COP(O)(=S)O[C@@H]1C4O[C@@H](C)[C@]1(CO)O[C@H]4n1cnc4c(N)ncnc41)O[C@H]3n1cnc3c(N)ncnc31)O[C@H]2n1cc(C)c(N)nc1=O. The van der Waals surface area contributed by atoms with E-state index in [0.717, 1.165) is 16.2 Å². The standard InChI is InChI=1S/C57H73N20O27P5S5/c1-22-9-74(53(80)71-42(22)58)50-37-40(103-107(84,112)89-12-30-28(7-31(95-30)73-10-23(2)49(79)72-54(73)81)101-106(83,111)88-11-29-27(100-105(82,110)87-6)8-32(96-29)75-19-68-33-43(59)62-16-65-46(33)75)56(98-50,25(4)93-37)14-91-109(86,114)104-41-38-52(77-21-70-35-45(61)64-18-67-48(35)77)99-57(41,26(5)94-38)15-90-108(85,113)102-39-36-51(97-55(39,13-78)24(3)92-36)76-20-69-34-44(60)63-17-66-47(34)76/h9-10,16-21,24-32,36-41,50-52,78H,7-8,11-15H2,1-6H3,(H,82,110)(H,83,111)(H,84,112)(H,85,113)(H,86,114)(H2,58,71,80)(H2,59,62,65)(H2,60,63,66)(H2,61,64,67)(H,72,79,81)/t24-,25-,26-,27+,28+,29+,30+,31+,32+,36?,37?,38?,39+,40+,41+,50+,51+,52+,55-,56-,57-,105?,106?,107?,108?,109?/m0/s1. The Hall–Kier alpha value is -5.33.